The third kappa shape index (κ3) is 7.01. The summed E-state index contributed by atoms with van der Waals surface area (Å²) in [5, 5.41) is 5.38. The Morgan fingerprint density at radius 2 is 0.462 bits per heavy atom. The molecule has 6 aliphatic rings. The third-order valence-electron chi connectivity index (χ3n) is 21.0. The maximum Gasteiger partial charge on any atom is 0.329 e. The average molecular weight is 1170 g/mol. The molecule has 0 unspecified atom stereocenters. The second-order valence-electron chi connectivity index (χ2n) is 25.2. The first-order chi connectivity index (χ1) is 45.2. The lowest BCUT2D eigenvalue weighted by Crippen LogP contribution is -2.75. The highest BCUT2D eigenvalue weighted by molar-refractivity contribution is 7.20. The molecule has 7 heteroatoms. The second kappa shape index (κ2) is 19.4. The van der Waals surface area contributed by atoms with E-state index in [0.717, 1.165) is 0 Å². The second-order valence-corrected chi connectivity index (χ2v) is 29.0. The van der Waals surface area contributed by atoms with Crippen molar-refractivity contribution < 1.29 is 0 Å². The molecule has 418 valence electrons. The predicted molar refractivity (Wildman–Crippen MR) is 389 cm³/mol. The highest BCUT2D eigenvalue weighted by Crippen LogP contribution is 2.50. The molecule has 0 saturated heterocycles. The van der Waals surface area contributed by atoms with Crippen molar-refractivity contribution >= 4 is 116 Å². The minimum absolute atomic E-state index is 0.00380. The first-order valence-corrected chi connectivity index (χ1v) is 34.0. The van der Waals surface area contributed by atoms with Crippen LogP contribution < -0.4 is 68.0 Å². The van der Waals surface area contributed by atoms with Gasteiger partial charge in [-0.3, -0.25) is 0 Å². The first-order valence-electron chi connectivity index (χ1n) is 32.0. The molecule has 0 bridgehead atoms. The molecular weight excluding hydrogens is 1110 g/mol. The summed E-state index contributed by atoms with van der Waals surface area (Å²) in [6.45, 7) is -0.0673. The summed E-state index contributed by atoms with van der Waals surface area (Å²) >= 11 is 0. The summed E-state index contributed by atoms with van der Waals surface area (Å²) in [4.78, 5) is 7.85. The Morgan fingerprint density at radius 1 is 0.187 bits per heavy atom. The largest absolute Gasteiger partial charge is 0.376 e. The van der Waals surface area contributed by atoms with Crippen LogP contribution in [0.1, 0.15) is 0 Å². The van der Waals surface area contributed by atoms with Crippen LogP contribution in [0.5, 0.6) is 0 Å². The Morgan fingerprint density at radius 3 is 0.846 bits per heavy atom. The summed E-state index contributed by atoms with van der Waals surface area (Å²) in [7, 11) is -3.49. The molecule has 6 heterocycles. The predicted octanol–water partition coefficient (Wildman–Crippen LogP) is 13.4. The van der Waals surface area contributed by atoms with Crippen LogP contribution in [0.25, 0.3) is 77.9 Å². The van der Waals surface area contributed by atoms with Crippen LogP contribution >= 0.6 is 0 Å². The summed E-state index contributed by atoms with van der Waals surface area (Å²) < 4.78 is 0. The van der Waals surface area contributed by atoms with Gasteiger partial charge >= 0.3 is 20.5 Å². The highest BCUT2D eigenvalue weighted by Gasteiger charge is 2.50. The number of anilines is 6. The molecule has 91 heavy (non-hydrogen) atoms. The van der Waals surface area contributed by atoms with E-state index in [1.165, 1.54) is 166 Å². The van der Waals surface area contributed by atoms with Gasteiger partial charge in [0.1, 0.15) is 0 Å². The Bertz CT molecular complexity index is 5220. The zero-order valence-corrected chi connectivity index (χ0v) is 50.8. The van der Waals surface area contributed by atoms with Gasteiger partial charge in [-0.2, -0.15) is 0 Å². The number of benzene rings is 14. The number of para-hydroxylation sites is 6. The molecule has 0 atom stereocenters. The maximum atomic E-state index is 2.66. The van der Waals surface area contributed by atoms with E-state index < -0.39 is 8.07 Å². The Hall–Kier alpha value is -11.1. The minimum Gasteiger partial charge on any atom is -0.376 e. The molecule has 0 aromatic heterocycles. The smallest absolute Gasteiger partial charge is 0.329 e. The van der Waals surface area contributed by atoms with Crippen molar-refractivity contribution in [2.24, 2.45) is 0 Å². The fraction of sp³-hybridized carbons (Fsp3) is 0. The fourth-order valence-electron chi connectivity index (χ4n) is 17.4. The SMILES string of the molecule is c1ccc([Si](c2ccc3c(c2)-c2ccccc2N2B3c3ccccc3-c3ccccc32)(c2ccc3c(c2)-c2ccccc2N2B3c3ccccc3-c3ccccc32)c2ccccc2-c2ccc3c(c2)-c2ccccc2N2B3c3ccccc3-c3ccccc32)cc1. The summed E-state index contributed by atoms with van der Waals surface area (Å²) in [5.41, 5.74) is 33.1. The van der Waals surface area contributed by atoms with Crippen molar-refractivity contribution in [2.45, 2.75) is 0 Å². The molecular formula is C84H54B3N3Si. The molecule has 6 aliphatic heterocycles. The van der Waals surface area contributed by atoms with Crippen LogP contribution in [0.15, 0.2) is 328 Å². The van der Waals surface area contributed by atoms with Crippen molar-refractivity contribution in [3.8, 4) is 77.9 Å². The van der Waals surface area contributed by atoms with Crippen molar-refractivity contribution in [3.05, 3.63) is 328 Å². The van der Waals surface area contributed by atoms with Gasteiger partial charge in [0.25, 0.3) is 0 Å². The van der Waals surface area contributed by atoms with Gasteiger partial charge in [-0.25, -0.2) is 0 Å². The maximum absolute atomic E-state index is 3.49. The van der Waals surface area contributed by atoms with Gasteiger partial charge in [-0.1, -0.05) is 285 Å². The third-order valence-corrected chi connectivity index (χ3v) is 25.8. The van der Waals surface area contributed by atoms with Gasteiger partial charge in [-0.15, -0.1) is 0 Å². The van der Waals surface area contributed by atoms with E-state index in [9.17, 15) is 0 Å². The molecule has 0 amide bonds. The van der Waals surface area contributed by atoms with E-state index in [1.54, 1.807) is 0 Å². The molecule has 0 aliphatic carbocycles. The molecule has 14 aromatic carbocycles. The lowest BCUT2D eigenvalue weighted by molar-refractivity contribution is 1.35. The van der Waals surface area contributed by atoms with E-state index in [2.05, 4.69) is 342 Å². The van der Waals surface area contributed by atoms with Crippen LogP contribution in [0.3, 0.4) is 0 Å². The molecule has 0 N–H and O–H groups in total. The van der Waals surface area contributed by atoms with Gasteiger partial charge in [0.2, 0.25) is 0 Å². The molecule has 0 radical (unpaired) electrons. The lowest BCUT2D eigenvalue weighted by Gasteiger charge is -2.45. The van der Waals surface area contributed by atoms with Crippen molar-refractivity contribution in [1.29, 1.82) is 0 Å². The van der Waals surface area contributed by atoms with E-state index in [0.29, 0.717) is 0 Å². The summed E-state index contributed by atoms with van der Waals surface area (Å²) in [6.07, 6.45) is 0. The fourth-order valence-corrected chi connectivity index (χ4v) is 22.4. The number of hydrogen-bond donors (Lipinski definition) is 0. The first kappa shape index (κ1) is 50.8. The van der Waals surface area contributed by atoms with Gasteiger partial charge in [0.15, 0.2) is 8.07 Å². The van der Waals surface area contributed by atoms with Crippen LogP contribution in [0, 0.1) is 0 Å². The standard InChI is InChI=1S/C84H54B3N3Si/c1-2-24-56(25-3-1)91(57-47-50-76-70(53-57)67-34-11-21-43-82(67)89-79-40-18-8-31-64(79)61-28-5-15-37-73(61)86(76)89,58-48-51-77-71(54-58)68-35-12-22-44-83(68)90-80-41-19-9-32-65(80)62-29-6-16-38-74(62)87(77)90)84-45-23-13-26-59(84)55-46-49-75-69(52-55)66-33-10-20-42-81(66)88-78-39-17-7-30-63(78)60-27-4-14-36-72(60)85(75)88/h1-54H. The van der Waals surface area contributed by atoms with E-state index in [-0.39, 0.29) is 20.5 Å². The van der Waals surface area contributed by atoms with E-state index >= 15 is 0 Å². The van der Waals surface area contributed by atoms with Crippen LogP contribution in [-0.2, 0) is 0 Å². The molecule has 14 aromatic rings. The summed E-state index contributed by atoms with van der Waals surface area (Å²) in [6, 6.07) is 126. The van der Waals surface area contributed by atoms with Crippen molar-refractivity contribution in [3.63, 3.8) is 0 Å². The Balaban J connectivity index is 0.862. The topological polar surface area (TPSA) is 9.72 Å². The van der Waals surface area contributed by atoms with Crippen molar-refractivity contribution in [1.82, 2.24) is 0 Å². The Kier molecular flexibility index (Phi) is 10.9. The van der Waals surface area contributed by atoms with Gasteiger partial charge in [-0.05, 0) is 140 Å². The highest BCUT2D eigenvalue weighted by atomic mass is 28.3. The molecule has 0 fully saturated rings. The van der Waals surface area contributed by atoms with Gasteiger partial charge < -0.3 is 14.4 Å². The van der Waals surface area contributed by atoms with E-state index in [4.69, 9.17) is 0 Å². The molecule has 0 saturated carbocycles. The van der Waals surface area contributed by atoms with Crippen LogP contribution in [-0.4, -0.2) is 28.6 Å². The monoisotopic (exact) mass is 1170 g/mol. The zero-order valence-electron chi connectivity index (χ0n) is 49.8. The molecule has 0 spiro atoms. The van der Waals surface area contributed by atoms with E-state index in [1.807, 2.05) is 0 Å². The molecule has 3 nitrogen and oxygen atoms in total. The van der Waals surface area contributed by atoms with Crippen LogP contribution in [0.4, 0.5) is 34.1 Å². The normalized spacial score (nSPS) is 13.6. The lowest BCUT2D eigenvalue weighted by atomic mass is 9.43. The number of nitrogens with zero attached hydrogens (tertiary/aromatic N) is 3. The molecule has 20 rings (SSSR count). The minimum atomic E-state index is -3.49. The summed E-state index contributed by atoms with van der Waals surface area (Å²) in [5.74, 6) is 0. The van der Waals surface area contributed by atoms with Crippen LogP contribution in [0.2, 0.25) is 0 Å². The number of rotatable bonds is 5. The zero-order chi connectivity index (χ0) is 59.5. The van der Waals surface area contributed by atoms with Crippen molar-refractivity contribution in [2.75, 3.05) is 14.4 Å². The van der Waals surface area contributed by atoms with Gasteiger partial charge in [0.05, 0.1) is 0 Å². The number of hydrogen-bond acceptors (Lipinski definition) is 3. The number of fused-ring (bicyclic) bond motifs is 33. The Labute approximate surface area is 532 Å². The van der Waals surface area contributed by atoms with Gasteiger partial charge in [0, 0.05) is 67.5 Å². The average Bonchev–Trinajstić information content (AvgIpc) is 0.717. The quantitative estimate of drug-likeness (QED) is 0.126.